The quantitative estimate of drug-likeness (QED) is 0.897. The van der Waals surface area contributed by atoms with Gasteiger partial charge in [0.05, 0.1) is 5.75 Å². The van der Waals surface area contributed by atoms with E-state index in [2.05, 4.69) is 5.32 Å². The van der Waals surface area contributed by atoms with Crippen LogP contribution < -0.4 is 5.32 Å². The third-order valence-corrected chi connectivity index (χ3v) is 3.45. The molecule has 3 nitrogen and oxygen atoms in total. The molecule has 0 bridgehead atoms. The normalized spacial score (nSPS) is 13.6. The summed E-state index contributed by atoms with van der Waals surface area (Å²) in [5.74, 6) is -0.346. The fourth-order valence-electron chi connectivity index (χ4n) is 1.52. The zero-order valence-electron chi connectivity index (χ0n) is 9.70. The predicted molar refractivity (Wildman–Crippen MR) is 67.4 cm³/mol. The van der Waals surface area contributed by atoms with E-state index >= 15 is 0 Å². The van der Waals surface area contributed by atoms with E-state index in [-0.39, 0.29) is 11.8 Å². The standard InChI is InChI=1S/C11H15ClFNO2S/c1-8(7-17(2,15)16)14-6-9-3-10(12)5-11(13)4-9/h3-5,8,14H,6-7H2,1-2H3. The van der Waals surface area contributed by atoms with Crippen molar-refractivity contribution in [3.63, 3.8) is 0 Å². The maximum Gasteiger partial charge on any atom is 0.148 e. The lowest BCUT2D eigenvalue weighted by molar-refractivity contribution is 0.557. The summed E-state index contributed by atoms with van der Waals surface area (Å²) in [5, 5.41) is 3.34. The van der Waals surface area contributed by atoms with Crippen LogP contribution in [0.5, 0.6) is 0 Å². The van der Waals surface area contributed by atoms with E-state index in [4.69, 9.17) is 11.6 Å². The molecule has 0 amide bonds. The summed E-state index contributed by atoms with van der Waals surface area (Å²) in [5.41, 5.74) is 0.690. The highest BCUT2D eigenvalue weighted by Gasteiger charge is 2.10. The molecule has 0 fully saturated rings. The van der Waals surface area contributed by atoms with Crippen LogP contribution in [0, 0.1) is 5.82 Å². The van der Waals surface area contributed by atoms with Gasteiger partial charge in [0.1, 0.15) is 15.7 Å². The second kappa shape index (κ2) is 5.80. The van der Waals surface area contributed by atoms with Crippen LogP contribution in [0.1, 0.15) is 12.5 Å². The summed E-state index contributed by atoms with van der Waals surface area (Å²) in [6.07, 6.45) is 1.18. The largest absolute Gasteiger partial charge is 0.309 e. The summed E-state index contributed by atoms with van der Waals surface area (Å²) in [6, 6.07) is 4.05. The molecule has 0 aliphatic rings. The minimum atomic E-state index is -3.01. The predicted octanol–water partition coefficient (Wildman–Crippen LogP) is 2.00. The van der Waals surface area contributed by atoms with Crippen molar-refractivity contribution >= 4 is 21.4 Å². The molecule has 1 rings (SSSR count). The lowest BCUT2D eigenvalue weighted by atomic mass is 10.2. The van der Waals surface area contributed by atoms with Crippen molar-refractivity contribution in [3.05, 3.63) is 34.6 Å². The van der Waals surface area contributed by atoms with E-state index < -0.39 is 15.7 Å². The molecule has 0 aromatic heterocycles. The van der Waals surface area contributed by atoms with Crippen molar-refractivity contribution in [2.24, 2.45) is 0 Å². The number of nitrogens with one attached hydrogen (secondary N) is 1. The zero-order chi connectivity index (χ0) is 13.1. The van der Waals surface area contributed by atoms with Crippen LogP contribution in [0.3, 0.4) is 0 Å². The lowest BCUT2D eigenvalue weighted by Crippen LogP contribution is -2.32. The van der Waals surface area contributed by atoms with Crippen molar-refractivity contribution < 1.29 is 12.8 Å². The molecular weight excluding hydrogens is 265 g/mol. The van der Waals surface area contributed by atoms with Gasteiger partial charge in [-0.05, 0) is 30.7 Å². The highest BCUT2D eigenvalue weighted by molar-refractivity contribution is 7.90. The summed E-state index contributed by atoms with van der Waals surface area (Å²) in [7, 11) is -3.01. The molecular formula is C11H15ClFNO2S. The van der Waals surface area contributed by atoms with E-state index in [1.54, 1.807) is 13.0 Å². The van der Waals surface area contributed by atoms with Crippen LogP contribution in [0.2, 0.25) is 5.02 Å². The maximum absolute atomic E-state index is 13.0. The molecule has 1 N–H and O–H groups in total. The Morgan fingerprint density at radius 2 is 2.06 bits per heavy atom. The van der Waals surface area contributed by atoms with Gasteiger partial charge in [-0.25, -0.2) is 12.8 Å². The van der Waals surface area contributed by atoms with Crippen molar-refractivity contribution in [3.8, 4) is 0 Å². The van der Waals surface area contributed by atoms with Crippen molar-refractivity contribution in [2.45, 2.75) is 19.5 Å². The average molecular weight is 280 g/mol. The number of sulfone groups is 1. The van der Waals surface area contributed by atoms with Gasteiger partial charge in [0.25, 0.3) is 0 Å². The second-order valence-electron chi connectivity index (χ2n) is 4.15. The van der Waals surface area contributed by atoms with Crippen molar-refractivity contribution in [2.75, 3.05) is 12.0 Å². The number of hydrogen-bond donors (Lipinski definition) is 1. The van der Waals surface area contributed by atoms with Gasteiger partial charge in [-0.1, -0.05) is 11.6 Å². The second-order valence-corrected chi connectivity index (χ2v) is 6.77. The third kappa shape index (κ3) is 6.00. The molecule has 1 aromatic carbocycles. The van der Waals surface area contributed by atoms with E-state index in [0.29, 0.717) is 17.1 Å². The molecule has 1 unspecified atom stereocenters. The minimum Gasteiger partial charge on any atom is -0.309 e. The SMILES string of the molecule is CC(CS(C)(=O)=O)NCc1cc(F)cc(Cl)c1. The first-order chi connectivity index (χ1) is 7.76. The van der Waals surface area contributed by atoms with Crippen LogP contribution in [-0.2, 0) is 16.4 Å². The molecule has 0 heterocycles. The summed E-state index contributed by atoms with van der Waals surface area (Å²) >= 11 is 5.71. The van der Waals surface area contributed by atoms with Crippen molar-refractivity contribution in [1.82, 2.24) is 5.32 Å². The van der Waals surface area contributed by atoms with Gasteiger partial charge < -0.3 is 5.32 Å². The van der Waals surface area contributed by atoms with Gasteiger partial charge in [0, 0.05) is 23.9 Å². The van der Waals surface area contributed by atoms with Gasteiger partial charge >= 0.3 is 0 Å². The summed E-state index contributed by atoms with van der Waals surface area (Å²) < 4.78 is 35.1. The molecule has 0 saturated heterocycles. The Kier molecular flexibility index (Phi) is 4.91. The highest BCUT2D eigenvalue weighted by Crippen LogP contribution is 2.14. The van der Waals surface area contributed by atoms with Crippen LogP contribution in [-0.4, -0.2) is 26.5 Å². The Morgan fingerprint density at radius 1 is 1.41 bits per heavy atom. The molecule has 0 spiro atoms. The number of hydrogen-bond acceptors (Lipinski definition) is 3. The van der Waals surface area contributed by atoms with Crippen LogP contribution in [0.25, 0.3) is 0 Å². The molecule has 0 aliphatic carbocycles. The smallest absolute Gasteiger partial charge is 0.148 e. The monoisotopic (exact) mass is 279 g/mol. The van der Waals surface area contributed by atoms with Crippen LogP contribution in [0.4, 0.5) is 4.39 Å². The first-order valence-electron chi connectivity index (χ1n) is 5.12. The number of rotatable bonds is 5. The molecule has 0 saturated carbocycles. The van der Waals surface area contributed by atoms with Gasteiger partial charge in [0.15, 0.2) is 0 Å². The Bertz CT molecular complexity index is 470. The van der Waals surface area contributed by atoms with E-state index in [1.807, 2.05) is 0 Å². The summed E-state index contributed by atoms with van der Waals surface area (Å²) in [6.45, 7) is 2.15. The van der Waals surface area contributed by atoms with E-state index in [1.165, 1.54) is 18.4 Å². The maximum atomic E-state index is 13.0. The van der Waals surface area contributed by atoms with E-state index in [9.17, 15) is 12.8 Å². The van der Waals surface area contributed by atoms with Crippen LogP contribution >= 0.6 is 11.6 Å². The molecule has 6 heteroatoms. The van der Waals surface area contributed by atoms with Crippen molar-refractivity contribution in [1.29, 1.82) is 0 Å². The summed E-state index contributed by atoms with van der Waals surface area (Å²) in [4.78, 5) is 0. The number of halogens is 2. The zero-order valence-corrected chi connectivity index (χ0v) is 11.3. The fraction of sp³-hybridized carbons (Fsp3) is 0.455. The Balaban J connectivity index is 2.55. The molecule has 0 aliphatic heterocycles. The minimum absolute atomic E-state index is 0.0516. The average Bonchev–Trinajstić information content (AvgIpc) is 2.10. The van der Waals surface area contributed by atoms with Gasteiger partial charge in [-0.2, -0.15) is 0 Å². The lowest BCUT2D eigenvalue weighted by Gasteiger charge is -2.12. The highest BCUT2D eigenvalue weighted by atomic mass is 35.5. The molecule has 17 heavy (non-hydrogen) atoms. The molecule has 0 radical (unpaired) electrons. The number of benzene rings is 1. The van der Waals surface area contributed by atoms with Gasteiger partial charge in [-0.3, -0.25) is 0 Å². The molecule has 1 atom stereocenters. The Hall–Kier alpha value is -0.650. The fourth-order valence-corrected chi connectivity index (χ4v) is 2.79. The molecule has 1 aromatic rings. The first kappa shape index (κ1) is 14.4. The topological polar surface area (TPSA) is 46.2 Å². The van der Waals surface area contributed by atoms with Gasteiger partial charge in [0.2, 0.25) is 0 Å². The first-order valence-corrected chi connectivity index (χ1v) is 7.56. The Morgan fingerprint density at radius 3 is 2.59 bits per heavy atom. The van der Waals surface area contributed by atoms with E-state index in [0.717, 1.165) is 0 Å². The third-order valence-electron chi connectivity index (χ3n) is 2.13. The van der Waals surface area contributed by atoms with Crippen LogP contribution in [0.15, 0.2) is 18.2 Å². The Labute approximate surface area is 106 Å². The molecule has 96 valence electrons. The van der Waals surface area contributed by atoms with Gasteiger partial charge in [-0.15, -0.1) is 0 Å².